The lowest BCUT2D eigenvalue weighted by atomic mass is 10.1. The van der Waals surface area contributed by atoms with Gasteiger partial charge in [0.15, 0.2) is 11.7 Å². The van der Waals surface area contributed by atoms with E-state index in [4.69, 9.17) is 9.26 Å². The van der Waals surface area contributed by atoms with Gasteiger partial charge in [-0.2, -0.15) is 0 Å². The summed E-state index contributed by atoms with van der Waals surface area (Å²) < 4.78 is 11.0. The average Bonchev–Trinajstić information content (AvgIpc) is 3.38. The first-order chi connectivity index (χ1) is 13.1. The molecule has 0 aromatic carbocycles. The van der Waals surface area contributed by atoms with Gasteiger partial charge < -0.3 is 19.9 Å². The van der Waals surface area contributed by atoms with E-state index in [0.29, 0.717) is 24.9 Å². The highest BCUT2D eigenvalue weighted by molar-refractivity contribution is 5.79. The van der Waals surface area contributed by atoms with Gasteiger partial charge in [-0.1, -0.05) is 25.1 Å². The first-order valence-electron chi connectivity index (χ1n) is 9.69. The van der Waals surface area contributed by atoms with Gasteiger partial charge in [-0.25, -0.2) is 9.98 Å². The van der Waals surface area contributed by atoms with Crippen molar-refractivity contribution in [2.45, 2.75) is 52.6 Å². The van der Waals surface area contributed by atoms with Gasteiger partial charge in [-0.05, 0) is 37.2 Å². The van der Waals surface area contributed by atoms with Crippen molar-refractivity contribution < 1.29 is 9.26 Å². The van der Waals surface area contributed by atoms with Gasteiger partial charge in [-0.15, -0.1) is 0 Å². The molecular weight excluding hydrogens is 342 g/mol. The molecule has 1 aliphatic carbocycles. The zero-order valence-corrected chi connectivity index (χ0v) is 16.4. The Labute approximate surface area is 160 Å². The largest absolute Gasteiger partial charge is 0.477 e. The van der Waals surface area contributed by atoms with Gasteiger partial charge in [0.05, 0.1) is 25.4 Å². The van der Waals surface area contributed by atoms with Crippen LogP contribution in [0, 0.1) is 5.92 Å². The van der Waals surface area contributed by atoms with Crippen molar-refractivity contribution in [2.75, 3.05) is 13.2 Å². The minimum Gasteiger partial charge on any atom is -0.477 e. The van der Waals surface area contributed by atoms with Gasteiger partial charge in [0.2, 0.25) is 5.88 Å². The molecule has 1 fully saturated rings. The molecule has 7 nitrogen and oxygen atoms in total. The Bertz CT molecular complexity index is 735. The Hall–Kier alpha value is -2.57. The van der Waals surface area contributed by atoms with Crippen LogP contribution >= 0.6 is 0 Å². The maximum absolute atomic E-state index is 5.67. The van der Waals surface area contributed by atoms with Crippen molar-refractivity contribution >= 4 is 5.96 Å². The van der Waals surface area contributed by atoms with Crippen molar-refractivity contribution in [3.63, 3.8) is 0 Å². The third-order valence-corrected chi connectivity index (χ3v) is 4.32. The third kappa shape index (κ3) is 6.27. The van der Waals surface area contributed by atoms with Gasteiger partial charge in [-0.3, -0.25) is 0 Å². The summed E-state index contributed by atoms with van der Waals surface area (Å²) in [6.45, 7) is 8.87. The van der Waals surface area contributed by atoms with Crippen molar-refractivity contribution in [3.8, 4) is 5.88 Å². The number of aliphatic imine (C=N–C) groups is 1. The lowest BCUT2D eigenvalue weighted by Crippen LogP contribution is -2.36. The number of nitrogens with one attached hydrogen (secondary N) is 2. The molecule has 146 valence electrons. The van der Waals surface area contributed by atoms with Crippen LogP contribution in [0.25, 0.3) is 0 Å². The molecule has 0 bridgehead atoms. The summed E-state index contributed by atoms with van der Waals surface area (Å²) in [7, 11) is 0. The molecule has 2 aromatic rings. The fraction of sp³-hybridized carbons (Fsp3) is 0.550. The second-order valence-electron chi connectivity index (χ2n) is 7.18. The second kappa shape index (κ2) is 9.39. The lowest BCUT2D eigenvalue weighted by molar-refractivity contribution is 0.288. The molecule has 0 amide bonds. The molecule has 27 heavy (non-hydrogen) atoms. The first kappa shape index (κ1) is 19.2. The predicted octanol–water partition coefficient (Wildman–Crippen LogP) is 3.24. The topological polar surface area (TPSA) is 84.6 Å². The summed E-state index contributed by atoms with van der Waals surface area (Å²) >= 11 is 0. The minimum atomic E-state index is 0.355. The molecule has 2 heterocycles. The van der Waals surface area contributed by atoms with Gasteiger partial charge in [0.1, 0.15) is 0 Å². The van der Waals surface area contributed by atoms with Crippen LogP contribution in [-0.4, -0.2) is 29.3 Å². The number of aromatic nitrogens is 2. The number of nitrogens with zero attached hydrogens (tertiary/aromatic N) is 3. The van der Waals surface area contributed by atoms with Crippen LogP contribution in [0.3, 0.4) is 0 Å². The highest BCUT2D eigenvalue weighted by Gasteiger charge is 2.22. The molecule has 0 aliphatic heterocycles. The quantitative estimate of drug-likeness (QED) is 0.520. The van der Waals surface area contributed by atoms with Crippen LogP contribution in [-0.2, 0) is 13.1 Å². The van der Waals surface area contributed by atoms with Crippen LogP contribution in [0.15, 0.2) is 33.9 Å². The van der Waals surface area contributed by atoms with Crippen LogP contribution in [0.4, 0.5) is 0 Å². The summed E-state index contributed by atoms with van der Waals surface area (Å²) in [5.41, 5.74) is 2.00. The number of rotatable bonds is 9. The Morgan fingerprint density at radius 3 is 2.81 bits per heavy atom. The monoisotopic (exact) mass is 371 g/mol. The summed E-state index contributed by atoms with van der Waals surface area (Å²) in [6.07, 6.45) is 4.38. The Morgan fingerprint density at radius 1 is 1.33 bits per heavy atom. The van der Waals surface area contributed by atoms with E-state index in [9.17, 15) is 0 Å². The van der Waals surface area contributed by atoms with E-state index >= 15 is 0 Å². The van der Waals surface area contributed by atoms with Crippen LogP contribution in [0.1, 0.15) is 56.5 Å². The van der Waals surface area contributed by atoms with Gasteiger partial charge in [0, 0.05) is 24.9 Å². The first-order valence-corrected chi connectivity index (χ1v) is 9.69. The number of pyridine rings is 1. The van der Waals surface area contributed by atoms with Crippen molar-refractivity contribution in [1.29, 1.82) is 0 Å². The maximum Gasteiger partial charge on any atom is 0.213 e. The normalized spacial score (nSPS) is 14.4. The number of guanidine groups is 1. The Kier molecular flexibility index (Phi) is 6.68. The number of hydrogen-bond donors (Lipinski definition) is 2. The highest BCUT2D eigenvalue weighted by atomic mass is 16.5. The maximum atomic E-state index is 5.67. The summed E-state index contributed by atoms with van der Waals surface area (Å²) in [6, 6.07) is 5.90. The SMILES string of the molecule is CCNC(=NCc1ccc(OCC2CC2)nc1)NCc1cc(C(C)C)no1. The molecule has 0 spiro atoms. The fourth-order valence-corrected chi connectivity index (χ4v) is 2.44. The molecule has 1 aliphatic rings. The molecule has 1 saturated carbocycles. The van der Waals surface area contributed by atoms with E-state index in [2.05, 4.69) is 39.6 Å². The lowest BCUT2D eigenvalue weighted by Gasteiger charge is -2.10. The molecule has 3 rings (SSSR count). The van der Waals surface area contributed by atoms with Gasteiger partial charge >= 0.3 is 0 Å². The van der Waals surface area contributed by atoms with Crippen LogP contribution < -0.4 is 15.4 Å². The predicted molar refractivity (Wildman–Crippen MR) is 105 cm³/mol. The number of hydrogen-bond acceptors (Lipinski definition) is 5. The molecule has 0 unspecified atom stereocenters. The van der Waals surface area contributed by atoms with Crippen LogP contribution in [0.2, 0.25) is 0 Å². The second-order valence-corrected chi connectivity index (χ2v) is 7.18. The Balaban J connectivity index is 1.51. The molecule has 0 saturated heterocycles. The molecular formula is C20H29N5O2. The average molecular weight is 371 g/mol. The molecule has 0 radical (unpaired) electrons. The van der Waals surface area contributed by atoms with Crippen molar-refractivity contribution in [1.82, 2.24) is 20.8 Å². The fourth-order valence-electron chi connectivity index (χ4n) is 2.44. The van der Waals surface area contributed by atoms with E-state index in [1.165, 1.54) is 12.8 Å². The zero-order valence-electron chi connectivity index (χ0n) is 16.4. The molecule has 2 N–H and O–H groups in total. The number of ether oxygens (including phenoxy) is 1. The molecule has 2 aromatic heterocycles. The molecule has 0 atom stereocenters. The minimum absolute atomic E-state index is 0.355. The summed E-state index contributed by atoms with van der Waals surface area (Å²) in [5.74, 6) is 3.29. The highest BCUT2D eigenvalue weighted by Crippen LogP contribution is 2.29. The Morgan fingerprint density at radius 2 is 2.19 bits per heavy atom. The zero-order chi connectivity index (χ0) is 19.1. The van der Waals surface area contributed by atoms with Crippen molar-refractivity contribution in [3.05, 3.63) is 41.4 Å². The van der Waals surface area contributed by atoms with E-state index in [0.717, 1.165) is 42.0 Å². The standard InChI is InChI=1S/C20H29N5O2/c1-4-21-20(24-12-17-9-18(14(2)3)25-27-17)23-11-16-7-8-19(22-10-16)26-13-15-5-6-15/h7-10,14-15H,4-6,11-13H2,1-3H3,(H2,21,23,24). The summed E-state index contributed by atoms with van der Waals surface area (Å²) in [4.78, 5) is 8.97. The molecule has 7 heteroatoms. The van der Waals surface area contributed by atoms with E-state index < -0.39 is 0 Å². The third-order valence-electron chi connectivity index (χ3n) is 4.32. The van der Waals surface area contributed by atoms with E-state index in [1.807, 2.05) is 31.3 Å². The smallest absolute Gasteiger partial charge is 0.213 e. The summed E-state index contributed by atoms with van der Waals surface area (Å²) in [5, 5.41) is 10.6. The van der Waals surface area contributed by atoms with Crippen molar-refractivity contribution in [2.24, 2.45) is 10.9 Å². The van der Waals surface area contributed by atoms with Gasteiger partial charge in [0.25, 0.3) is 0 Å². The van der Waals surface area contributed by atoms with E-state index in [1.54, 1.807) is 0 Å². The van der Waals surface area contributed by atoms with Crippen LogP contribution in [0.5, 0.6) is 5.88 Å². The van der Waals surface area contributed by atoms with E-state index in [-0.39, 0.29) is 0 Å².